The molecule has 0 bridgehead atoms. The van der Waals surface area contributed by atoms with E-state index in [2.05, 4.69) is 57.5 Å². The molecule has 0 aliphatic heterocycles. The number of azo groups is 4. The summed E-state index contributed by atoms with van der Waals surface area (Å²) in [7, 11) is -24.4. The van der Waals surface area contributed by atoms with E-state index in [4.69, 9.17) is 10.5 Å². The van der Waals surface area contributed by atoms with Gasteiger partial charge in [0.25, 0.3) is 40.5 Å². The summed E-state index contributed by atoms with van der Waals surface area (Å²) in [6.45, 7) is -0.582. The molecule has 8 aromatic rings. The van der Waals surface area contributed by atoms with E-state index in [-0.39, 0.29) is 33.1 Å². The number of hydrogen-bond donors (Lipinski definition) is 10. The highest BCUT2D eigenvalue weighted by Gasteiger charge is 2.29. The monoisotopic (exact) mass is 1200 g/mol. The Morgan fingerprint density at radius 1 is 0.481 bits per heavy atom. The smallest absolute Gasteiger partial charge is 0.310 e. The van der Waals surface area contributed by atoms with Gasteiger partial charge in [0.05, 0.1) is 36.2 Å². The SMILES string of the molecule is COc1ccc(N=Nc2c(S(=O)(=O)O)cc3c(S(=O)(=O)O)cc(N=Nc4c(S(=O)(=O)O)cc5ccc(N=Nc6ccc7c(O)c(N=Nc8ccc(CO)cc8S(=O)(=O)O)ccc7c6S(=O)(=O)OS)c(O)c5c4N)cc3c2O)cc1. The molecular formula is C44H33N9O20S6. The maximum absolute atomic E-state index is 13.4. The number of hydrogen-bond acceptors (Lipinski definition) is 26. The summed E-state index contributed by atoms with van der Waals surface area (Å²) in [5.41, 5.74) is 1.61. The molecule has 410 valence electrons. The van der Waals surface area contributed by atoms with Crippen molar-refractivity contribution in [3.63, 3.8) is 0 Å². The summed E-state index contributed by atoms with van der Waals surface area (Å²) in [5, 5.41) is 71.9. The Labute approximate surface area is 450 Å². The number of ether oxygens (including phenoxy) is 1. The molecule has 0 aliphatic rings. The van der Waals surface area contributed by atoms with E-state index in [9.17, 15) is 80.7 Å². The number of methoxy groups -OCH3 is 1. The molecule has 0 aromatic heterocycles. The van der Waals surface area contributed by atoms with Crippen molar-refractivity contribution in [1.29, 1.82) is 0 Å². The number of phenolic OH excluding ortho intramolecular Hbond substituents is 3. The predicted octanol–water partition coefficient (Wildman–Crippen LogP) is 9.54. The molecule has 0 saturated carbocycles. The maximum Gasteiger partial charge on any atom is 0.310 e. The summed E-state index contributed by atoms with van der Waals surface area (Å²) in [5.74, 6) is -2.32. The lowest BCUT2D eigenvalue weighted by Crippen LogP contribution is -2.03. The van der Waals surface area contributed by atoms with Gasteiger partial charge in [0.2, 0.25) is 0 Å². The molecule has 0 saturated heterocycles. The van der Waals surface area contributed by atoms with Crippen LogP contribution in [0.1, 0.15) is 5.56 Å². The zero-order valence-electron chi connectivity index (χ0n) is 39.1. The topological polar surface area (TPSA) is 476 Å². The predicted molar refractivity (Wildman–Crippen MR) is 280 cm³/mol. The van der Waals surface area contributed by atoms with Gasteiger partial charge in [0, 0.05) is 21.5 Å². The number of nitrogens with two attached hydrogens (primary N) is 1. The summed E-state index contributed by atoms with van der Waals surface area (Å²) in [6, 6.07) is 18.4. The van der Waals surface area contributed by atoms with Crippen molar-refractivity contribution in [2.24, 2.45) is 40.9 Å². The van der Waals surface area contributed by atoms with Crippen molar-refractivity contribution >= 4 is 147 Å². The fourth-order valence-corrected chi connectivity index (χ4v) is 11.4. The van der Waals surface area contributed by atoms with Crippen LogP contribution in [0.3, 0.4) is 0 Å². The lowest BCUT2D eigenvalue weighted by molar-refractivity contribution is 0.281. The Morgan fingerprint density at radius 2 is 1.01 bits per heavy atom. The van der Waals surface area contributed by atoms with Crippen LogP contribution in [0.15, 0.2) is 169 Å². The second kappa shape index (κ2) is 21.2. The first-order valence-corrected chi connectivity index (χ1v) is 28.7. The van der Waals surface area contributed by atoms with Crippen LogP contribution in [0.5, 0.6) is 23.0 Å². The van der Waals surface area contributed by atoms with E-state index in [1.54, 1.807) is 0 Å². The highest BCUT2D eigenvalue weighted by Crippen LogP contribution is 2.49. The summed E-state index contributed by atoms with van der Waals surface area (Å²) in [6.07, 6.45) is 0. The van der Waals surface area contributed by atoms with Crippen molar-refractivity contribution in [3.05, 3.63) is 109 Å². The molecule has 0 amide bonds. The molecule has 79 heavy (non-hydrogen) atoms. The Hall–Kier alpha value is -8.20. The molecule has 8 aromatic carbocycles. The van der Waals surface area contributed by atoms with E-state index < -0.39 is 155 Å². The van der Waals surface area contributed by atoms with Gasteiger partial charge in [-0.25, -0.2) is 0 Å². The van der Waals surface area contributed by atoms with Crippen molar-refractivity contribution in [1.82, 2.24) is 0 Å². The Bertz CT molecular complexity index is 4620. The number of nitrogens with zero attached hydrogens (tertiary/aromatic N) is 8. The average molecular weight is 1200 g/mol. The molecule has 0 spiro atoms. The highest BCUT2D eigenvalue weighted by molar-refractivity contribution is 7.96. The second-order valence-electron chi connectivity index (χ2n) is 16.1. The summed E-state index contributed by atoms with van der Waals surface area (Å²) < 4.78 is 177. The Morgan fingerprint density at radius 3 is 1.62 bits per heavy atom. The second-order valence-corrected chi connectivity index (χ2v) is 23.6. The van der Waals surface area contributed by atoms with Crippen LogP contribution in [0.4, 0.5) is 51.2 Å². The van der Waals surface area contributed by atoms with Gasteiger partial charge >= 0.3 is 10.1 Å². The van der Waals surface area contributed by atoms with E-state index in [0.29, 0.717) is 17.9 Å². The third-order valence-corrected chi connectivity index (χ3v) is 16.5. The molecule has 0 aliphatic carbocycles. The van der Waals surface area contributed by atoms with Crippen LogP contribution in [0, 0.1) is 0 Å². The van der Waals surface area contributed by atoms with Crippen LogP contribution in [-0.4, -0.2) is 87.8 Å². The molecule has 8 rings (SSSR count). The highest BCUT2D eigenvalue weighted by atomic mass is 32.3. The van der Waals surface area contributed by atoms with Gasteiger partial charge in [-0.05, 0) is 109 Å². The molecule has 10 N–H and O–H groups in total. The molecule has 0 fully saturated rings. The number of fused-ring (bicyclic) bond motifs is 3. The summed E-state index contributed by atoms with van der Waals surface area (Å²) >= 11 is 3.46. The fourth-order valence-electron chi connectivity index (χ4n) is 7.63. The lowest BCUT2D eigenvalue weighted by Gasteiger charge is -2.13. The van der Waals surface area contributed by atoms with Gasteiger partial charge in [-0.2, -0.15) is 55.9 Å². The Kier molecular flexibility index (Phi) is 15.3. The molecule has 35 heteroatoms. The average Bonchev–Trinajstić information content (AvgIpc) is 3.46. The fraction of sp³-hybridized carbons (Fsp3) is 0.0455. The van der Waals surface area contributed by atoms with Gasteiger partial charge in [0.1, 0.15) is 64.4 Å². The third kappa shape index (κ3) is 11.5. The number of thiol groups is 1. The Balaban J connectivity index is 1.22. The number of aromatic hydroxyl groups is 3. The van der Waals surface area contributed by atoms with Crippen LogP contribution in [-0.2, 0) is 60.8 Å². The minimum Gasteiger partial charge on any atom is -0.505 e. The number of benzene rings is 8. The number of nitrogen functional groups attached to an aromatic ring is 1. The van der Waals surface area contributed by atoms with Gasteiger partial charge in [-0.1, -0.05) is 18.2 Å². The quantitative estimate of drug-likeness (QED) is 0.0141. The standard InChI is InChI=1S/C44H33N9O20S6/c1-72-24-6-4-22(5-7-24)46-53-40-36(78(67,68)69)18-27-28(42(40)56)16-23(17-33(27)75(58,59)60)47-52-39-35(77(64,65)66)15-21-3-11-31(43(57)37(21)38(39)45)50-51-32-13-8-25-26(44(32)79(70,71)73-74)9-12-30(41(25)55)49-48-29-10-2-20(19-54)14-34(29)76(61,62)63/h2-18,54-57,74H,19,45H2,1H3,(H,58,59,60)(H,61,62,63)(H,64,65,66)(H,67,68,69). The minimum atomic E-state index is -5.40. The van der Waals surface area contributed by atoms with E-state index in [0.717, 1.165) is 60.7 Å². The van der Waals surface area contributed by atoms with Gasteiger partial charge in [0.15, 0.2) is 17.2 Å². The van der Waals surface area contributed by atoms with Crippen LogP contribution in [0.25, 0.3) is 32.3 Å². The molecule has 29 nitrogen and oxygen atoms in total. The van der Waals surface area contributed by atoms with E-state index in [1.807, 2.05) is 0 Å². The van der Waals surface area contributed by atoms with Gasteiger partial charge in [-0.3, -0.25) is 18.2 Å². The zero-order valence-corrected chi connectivity index (χ0v) is 44.1. The molecule has 0 radical (unpaired) electrons. The number of aliphatic hydroxyl groups excluding tert-OH is 1. The normalized spacial score (nSPS) is 13.1. The van der Waals surface area contributed by atoms with Crippen molar-refractivity contribution in [2.45, 2.75) is 31.1 Å². The molecule has 0 heterocycles. The van der Waals surface area contributed by atoms with Gasteiger partial charge < -0.3 is 30.9 Å². The maximum atomic E-state index is 13.4. The minimum absolute atomic E-state index is 0.0777. The molecular weight excluding hydrogens is 1170 g/mol. The van der Waals surface area contributed by atoms with Crippen LogP contribution >= 0.6 is 12.9 Å². The first-order chi connectivity index (χ1) is 37.0. The zero-order chi connectivity index (χ0) is 57.7. The molecule has 0 atom stereocenters. The van der Waals surface area contributed by atoms with E-state index >= 15 is 0 Å². The van der Waals surface area contributed by atoms with Crippen molar-refractivity contribution in [2.75, 3.05) is 12.8 Å². The third-order valence-electron chi connectivity index (χ3n) is 11.2. The van der Waals surface area contributed by atoms with Crippen LogP contribution in [0.2, 0.25) is 0 Å². The van der Waals surface area contributed by atoms with Crippen LogP contribution < -0.4 is 10.5 Å². The van der Waals surface area contributed by atoms with E-state index in [1.165, 1.54) is 37.4 Å². The largest absolute Gasteiger partial charge is 0.505 e. The first-order valence-electron chi connectivity index (χ1n) is 21.2. The first kappa shape index (κ1) is 57.0. The van der Waals surface area contributed by atoms with Gasteiger partial charge in [-0.15, -0.1) is 30.7 Å². The van der Waals surface area contributed by atoms with Crippen molar-refractivity contribution in [3.8, 4) is 23.0 Å². The lowest BCUT2D eigenvalue weighted by atomic mass is 10.1. The van der Waals surface area contributed by atoms with Crippen molar-refractivity contribution < 1.29 is 89.1 Å². The summed E-state index contributed by atoms with van der Waals surface area (Å²) in [4.78, 5) is -4.83. The molecule has 0 unspecified atom stereocenters. The number of rotatable bonds is 16. The number of anilines is 1. The number of aliphatic hydroxyl groups is 1. The number of phenols is 3.